The minimum absolute atomic E-state index is 0.0345. The fourth-order valence-electron chi connectivity index (χ4n) is 3.35. The fraction of sp³-hybridized carbons (Fsp3) is 0.250. The highest BCUT2D eigenvalue weighted by Gasteiger charge is 2.41. The van der Waals surface area contributed by atoms with E-state index in [4.69, 9.17) is 16.4 Å². The summed E-state index contributed by atoms with van der Waals surface area (Å²) in [6.45, 7) is 3.96. The number of nitrogens with zero attached hydrogens (tertiary/aromatic N) is 3. The number of halogens is 1. The molecule has 9 nitrogen and oxygen atoms in total. The Morgan fingerprint density at radius 3 is 2.40 bits per heavy atom. The number of carbonyl (C=O) groups is 3. The van der Waals surface area contributed by atoms with Crippen LogP contribution in [0.5, 0.6) is 0 Å². The third kappa shape index (κ3) is 3.12. The number of fused-ring (bicyclic) bond motifs is 1. The summed E-state index contributed by atoms with van der Waals surface area (Å²) < 4.78 is 0. The highest BCUT2D eigenvalue weighted by molar-refractivity contribution is 6.36. The Morgan fingerprint density at radius 2 is 1.80 bits per heavy atom. The smallest absolute Gasteiger partial charge is 0.270 e. The number of amides is 3. The van der Waals surface area contributed by atoms with Crippen LogP contribution in [0.2, 0.25) is 5.02 Å². The molecule has 0 N–H and O–H groups in total. The van der Waals surface area contributed by atoms with Crippen LogP contribution < -0.4 is 4.90 Å². The van der Waals surface area contributed by atoms with Gasteiger partial charge >= 0.3 is 0 Å². The van der Waals surface area contributed by atoms with E-state index in [9.17, 15) is 24.5 Å². The molecule has 0 aromatic heterocycles. The van der Waals surface area contributed by atoms with Crippen LogP contribution >= 0.6 is 11.6 Å². The van der Waals surface area contributed by atoms with Gasteiger partial charge in [-0.3, -0.25) is 29.3 Å². The molecule has 1 fully saturated rings. The molecule has 154 valence electrons. The first-order valence-corrected chi connectivity index (χ1v) is 9.38. The van der Waals surface area contributed by atoms with Gasteiger partial charge in [-0.2, -0.15) is 0 Å². The van der Waals surface area contributed by atoms with Crippen molar-refractivity contribution < 1.29 is 24.1 Å². The monoisotopic (exact) mass is 429 g/mol. The minimum atomic E-state index is -0.665. The van der Waals surface area contributed by atoms with Gasteiger partial charge in [-0.05, 0) is 37.6 Å². The van der Waals surface area contributed by atoms with Crippen LogP contribution in [0.25, 0.3) is 0 Å². The molecule has 0 radical (unpaired) electrons. The zero-order chi connectivity index (χ0) is 21.8. The van der Waals surface area contributed by atoms with Gasteiger partial charge in [0.25, 0.3) is 23.4 Å². The number of anilines is 1. The first-order chi connectivity index (χ1) is 14.1. The molecule has 1 saturated heterocycles. The number of nitro groups is 1. The zero-order valence-electron chi connectivity index (χ0n) is 16.0. The first-order valence-electron chi connectivity index (χ1n) is 9.01. The van der Waals surface area contributed by atoms with Crippen LogP contribution in [0.1, 0.15) is 40.1 Å². The summed E-state index contributed by atoms with van der Waals surface area (Å²) in [5.41, 5.74) is -0.0275. The molecule has 2 heterocycles. The van der Waals surface area contributed by atoms with E-state index in [1.54, 1.807) is 19.9 Å². The highest BCUT2D eigenvalue weighted by atomic mass is 35.5. The van der Waals surface area contributed by atoms with Crippen molar-refractivity contribution in [2.24, 2.45) is 5.41 Å². The van der Waals surface area contributed by atoms with Crippen molar-refractivity contribution in [1.82, 2.24) is 5.06 Å². The van der Waals surface area contributed by atoms with Crippen LogP contribution in [-0.2, 0) is 16.2 Å². The largest absolute Gasteiger partial charge is 0.272 e. The number of non-ortho nitro benzene ring substituents is 1. The van der Waals surface area contributed by atoms with Crippen LogP contribution in [0.3, 0.4) is 0 Å². The number of hydroxylamine groups is 2. The van der Waals surface area contributed by atoms with Gasteiger partial charge < -0.3 is 0 Å². The number of carbonyl (C=O) groups excluding carboxylic acids is 3. The molecule has 0 aliphatic carbocycles. The van der Waals surface area contributed by atoms with E-state index in [0.717, 1.165) is 11.0 Å². The Kier molecular flexibility index (Phi) is 4.59. The summed E-state index contributed by atoms with van der Waals surface area (Å²) >= 11 is 6.35. The van der Waals surface area contributed by atoms with Crippen molar-refractivity contribution in [1.29, 1.82) is 0 Å². The van der Waals surface area contributed by atoms with Crippen LogP contribution in [0.15, 0.2) is 36.4 Å². The number of imide groups is 1. The molecule has 0 bridgehead atoms. The molecule has 30 heavy (non-hydrogen) atoms. The number of benzene rings is 2. The Labute approximate surface area is 175 Å². The maximum atomic E-state index is 12.7. The maximum absolute atomic E-state index is 12.7. The van der Waals surface area contributed by atoms with Crippen molar-refractivity contribution in [2.75, 3.05) is 11.5 Å². The summed E-state index contributed by atoms with van der Waals surface area (Å²) in [4.78, 5) is 54.4. The van der Waals surface area contributed by atoms with Crippen LogP contribution in [0, 0.1) is 15.5 Å². The normalized spacial score (nSPS) is 17.6. The third-order valence-corrected chi connectivity index (χ3v) is 5.43. The zero-order valence-corrected chi connectivity index (χ0v) is 16.8. The SMILES string of the molecule is CC1(C)CON(Cc2ccc(N3C(=O)c4ccc([N+](=O)[O-])cc4C3=O)cc2Cl)C1=O. The molecule has 2 aliphatic heterocycles. The Balaban J connectivity index is 1.60. The topological polar surface area (TPSA) is 110 Å². The summed E-state index contributed by atoms with van der Waals surface area (Å²) in [5.74, 6) is -1.42. The Bertz CT molecular complexity index is 1130. The van der Waals surface area contributed by atoms with Crippen molar-refractivity contribution in [3.05, 3.63) is 68.2 Å². The molecule has 3 amide bonds. The predicted octanol–water partition coefficient (Wildman–Crippen LogP) is 3.35. The van der Waals surface area contributed by atoms with E-state index >= 15 is 0 Å². The lowest BCUT2D eigenvalue weighted by Crippen LogP contribution is -2.31. The number of hydrogen-bond acceptors (Lipinski definition) is 6. The minimum Gasteiger partial charge on any atom is -0.272 e. The molecular formula is C20H16ClN3O6. The lowest BCUT2D eigenvalue weighted by Gasteiger charge is -2.19. The molecule has 2 aromatic rings. The van der Waals surface area contributed by atoms with Gasteiger partial charge in [0.05, 0.1) is 40.3 Å². The quantitative estimate of drug-likeness (QED) is 0.418. The Hall–Kier alpha value is -3.30. The third-order valence-electron chi connectivity index (χ3n) is 5.08. The lowest BCUT2D eigenvalue weighted by atomic mass is 9.95. The average molecular weight is 430 g/mol. The standard InChI is InChI=1S/C20H16ClN3O6/c1-20(2)10-30-22(19(20)27)9-11-3-4-12(8-16(11)21)23-17(25)14-6-5-13(24(28)29)7-15(14)18(23)26/h3-8H,9-10H2,1-2H3. The van der Waals surface area contributed by atoms with E-state index < -0.39 is 22.2 Å². The molecule has 0 atom stereocenters. The maximum Gasteiger partial charge on any atom is 0.270 e. The Morgan fingerprint density at radius 1 is 1.10 bits per heavy atom. The van der Waals surface area contributed by atoms with E-state index in [1.807, 2.05) is 0 Å². The van der Waals surface area contributed by atoms with Crippen molar-refractivity contribution in [3.63, 3.8) is 0 Å². The molecule has 0 unspecified atom stereocenters. The highest BCUT2D eigenvalue weighted by Crippen LogP contribution is 2.34. The van der Waals surface area contributed by atoms with Gasteiger partial charge in [-0.15, -0.1) is 0 Å². The number of nitro benzene ring substituents is 1. The van der Waals surface area contributed by atoms with Gasteiger partial charge in [0.2, 0.25) is 0 Å². The van der Waals surface area contributed by atoms with E-state index in [1.165, 1.54) is 29.3 Å². The van der Waals surface area contributed by atoms with Gasteiger partial charge in [0.15, 0.2) is 0 Å². The summed E-state index contributed by atoms with van der Waals surface area (Å²) in [6, 6.07) is 8.11. The molecule has 10 heteroatoms. The molecule has 0 saturated carbocycles. The molecule has 0 spiro atoms. The second-order valence-corrected chi connectivity index (χ2v) is 8.11. The number of rotatable bonds is 4. The fourth-order valence-corrected chi connectivity index (χ4v) is 3.58. The first kappa shape index (κ1) is 20.0. The average Bonchev–Trinajstić information content (AvgIpc) is 3.10. The summed E-state index contributed by atoms with van der Waals surface area (Å²) in [6.07, 6.45) is 0. The van der Waals surface area contributed by atoms with E-state index in [0.29, 0.717) is 5.56 Å². The van der Waals surface area contributed by atoms with Gasteiger partial charge in [-0.25, -0.2) is 9.96 Å². The van der Waals surface area contributed by atoms with Crippen molar-refractivity contribution in [2.45, 2.75) is 20.4 Å². The molecule has 2 aliphatic rings. The molecule has 4 rings (SSSR count). The summed E-state index contributed by atoms with van der Waals surface area (Å²) in [7, 11) is 0. The van der Waals surface area contributed by atoms with Gasteiger partial charge in [0.1, 0.15) is 0 Å². The molecular weight excluding hydrogens is 414 g/mol. The summed E-state index contributed by atoms with van der Waals surface area (Å²) in [5, 5.41) is 12.5. The second-order valence-electron chi connectivity index (χ2n) is 7.71. The number of hydrogen-bond donors (Lipinski definition) is 0. The van der Waals surface area contributed by atoms with E-state index in [-0.39, 0.29) is 46.6 Å². The van der Waals surface area contributed by atoms with Crippen LogP contribution in [-0.4, -0.2) is 34.3 Å². The van der Waals surface area contributed by atoms with Gasteiger partial charge in [0, 0.05) is 17.2 Å². The molecule has 2 aromatic carbocycles. The van der Waals surface area contributed by atoms with Crippen molar-refractivity contribution >= 4 is 40.7 Å². The predicted molar refractivity (Wildman–Crippen MR) is 106 cm³/mol. The lowest BCUT2D eigenvalue weighted by molar-refractivity contribution is -0.384. The second kappa shape index (κ2) is 6.89. The van der Waals surface area contributed by atoms with Crippen LogP contribution in [0.4, 0.5) is 11.4 Å². The van der Waals surface area contributed by atoms with Gasteiger partial charge in [-0.1, -0.05) is 17.7 Å². The van der Waals surface area contributed by atoms with Crippen molar-refractivity contribution in [3.8, 4) is 0 Å². The van der Waals surface area contributed by atoms with E-state index in [2.05, 4.69) is 0 Å².